The van der Waals surface area contributed by atoms with Gasteiger partial charge in [-0.05, 0) is 260 Å². The summed E-state index contributed by atoms with van der Waals surface area (Å²) in [6.07, 6.45) is 27.2. The van der Waals surface area contributed by atoms with Crippen molar-refractivity contribution >= 4 is 59.0 Å². The van der Waals surface area contributed by atoms with Gasteiger partial charge in [0, 0.05) is 142 Å². The highest BCUT2D eigenvalue weighted by molar-refractivity contribution is 5.92. The van der Waals surface area contributed by atoms with Gasteiger partial charge in [-0.3, -0.25) is 4.79 Å². The Morgan fingerprint density at radius 1 is 0.352 bits per heavy atom. The number of epoxide rings is 1. The largest absolute Gasteiger partial charge is 0.478 e. The van der Waals surface area contributed by atoms with E-state index in [1.807, 2.05) is 220 Å². The van der Waals surface area contributed by atoms with Crippen LogP contribution in [-0.4, -0.2) is 242 Å². The fourth-order valence-electron chi connectivity index (χ4n) is 22.8. The molecule has 0 aromatic heterocycles. The Kier molecular flexibility index (Phi) is 49.8. The van der Waals surface area contributed by atoms with Crippen LogP contribution in [0.5, 0.6) is 0 Å². The van der Waals surface area contributed by atoms with E-state index in [0.717, 1.165) is 230 Å². The molecular weight excluding hydrogens is 1810 g/mol. The Morgan fingerprint density at radius 3 is 0.959 bits per heavy atom. The number of carboxylic acid groups (broad SMARTS) is 1. The quantitative estimate of drug-likeness (QED) is 0.0286. The minimum Gasteiger partial charge on any atom is -0.478 e. The lowest BCUT2D eigenvalue weighted by Crippen LogP contribution is -2.48. The van der Waals surface area contributed by atoms with Crippen molar-refractivity contribution < 1.29 is 53.8 Å². The van der Waals surface area contributed by atoms with Gasteiger partial charge in [-0.2, -0.15) is 0 Å². The predicted octanol–water partition coefficient (Wildman–Crippen LogP) is 23.1. The van der Waals surface area contributed by atoms with Crippen LogP contribution in [0.1, 0.15) is 250 Å². The number of benzene rings is 8. The normalized spacial score (nSPS) is 20.2. The number of β-amino-alcohol motifs (C(OH)–C–C–N with tert-alkyl or cyclic N) is 3. The first-order chi connectivity index (χ1) is 71.0. The third-order valence-corrected chi connectivity index (χ3v) is 31.2. The Bertz CT molecular complexity index is 5020. The lowest BCUT2D eigenvalue weighted by atomic mass is 9.71. The van der Waals surface area contributed by atoms with Gasteiger partial charge in [-0.15, -0.1) is 0 Å². The standard InChI is InChI=1S/C28H35N3O2.C27H35N3O3.C19H29N3O.C15H19NO3.C13H17N.C9H8O2.6C2H6/c32-26(20-30-18-14-28(15-19-30)21-29-25-9-5-4-8-24(25)28)23-12-16-31(17-13-23)27(33)11-10-22-6-2-1-3-7-22;31-25(18-29-16-12-27(13-17-29)20-28-24-9-5-4-8-23(24)27)22-10-14-30(15-11-22)26(32)33-19-21-6-2-1-3-7-21;23-18(15-5-9-20-10-6-15)13-22-11-7-19(8-12-22)14-21-17-4-2-1-3-16(17)19;17-15(19-10-12-4-2-1-3-5-12)16-8-6-13(7-9-16)14-11-18-14;1-4-8-13(9-5-1)10-14-12-7-3-2-6-11(12)13;10-9(11)7-6-8-4-2-1-3-5-8;6*1-2/h1-11,23,26,29,32H,12-21H2;1-9,22,25,28,31H,10-20H2;1-4,15,18,20-21,23H,5-14H2;1-5,13-14H,6-11H2;2-3,6-7,14H,1,4-5,8-10H2;1-7H,(H,10,11);6*1-2H3/b11-10+;;;;;7-6+;;;;;;. The van der Waals surface area contributed by atoms with Gasteiger partial charge >= 0.3 is 18.2 Å². The van der Waals surface area contributed by atoms with Crippen LogP contribution in [0.4, 0.5) is 32.3 Å². The van der Waals surface area contributed by atoms with Crippen LogP contribution in [0.2, 0.25) is 0 Å². The number of hydrogen-bond donors (Lipinski definition) is 9. The molecule has 8 saturated heterocycles. The third-order valence-electron chi connectivity index (χ3n) is 31.2. The number of anilines is 4. The number of para-hydroxylation sites is 4. The number of aliphatic hydroxyl groups is 3. The molecule has 4 unspecified atom stereocenters. The maximum atomic E-state index is 12.5. The van der Waals surface area contributed by atoms with E-state index in [4.69, 9.17) is 19.3 Å². The van der Waals surface area contributed by atoms with Crippen molar-refractivity contribution in [1.82, 2.24) is 34.7 Å². The van der Waals surface area contributed by atoms with E-state index in [2.05, 4.69) is 138 Å². The summed E-state index contributed by atoms with van der Waals surface area (Å²) in [5, 5.41) is 58.4. The summed E-state index contributed by atoms with van der Waals surface area (Å²) in [4.78, 5) is 59.8. The molecule has 145 heavy (non-hydrogen) atoms. The molecule has 1 aliphatic carbocycles. The number of fused-ring (bicyclic) bond motifs is 8. The predicted molar refractivity (Wildman–Crippen MR) is 598 cm³/mol. The van der Waals surface area contributed by atoms with Gasteiger partial charge in [-0.25, -0.2) is 14.4 Å². The van der Waals surface area contributed by atoms with Crippen molar-refractivity contribution in [2.75, 3.05) is 165 Å². The van der Waals surface area contributed by atoms with Crippen LogP contribution in [0.15, 0.2) is 231 Å². The maximum Gasteiger partial charge on any atom is 0.410 e. The number of ether oxygens (including phenoxy) is 3. The van der Waals surface area contributed by atoms with E-state index in [-0.39, 0.29) is 59.1 Å². The molecule has 792 valence electrons. The molecule has 12 aliphatic heterocycles. The molecule has 0 radical (unpaired) electrons. The number of rotatable bonds is 18. The molecule has 21 rings (SSSR count). The van der Waals surface area contributed by atoms with Crippen LogP contribution in [0.3, 0.4) is 0 Å². The Labute approximate surface area is 870 Å². The summed E-state index contributed by atoms with van der Waals surface area (Å²) >= 11 is 0. The Hall–Kier alpha value is -10.4. The molecule has 13 aliphatic rings. The van der Waals surface area contributed by atoms with Gasteiger partial charge in [0.25, 0.3) is 0 Å². The van der Waals surface area contributed by atoms with Crippen LogP contribution in [0.25, 0.3) is 12.2 Å². The van der Waals surface area contributed by atoms with Crippen LogP contribution in [-0.2, 0) is 58.7 Å². The fraction of sp³-hybridized carbons (Fsp3) is 0.545. The fourth-order valence-corrected chi connectivity index (χ4v) is 22.8. The van der Waals surface area contributed by atoms with Crippen molar-refractivity contribution in [3.8, 4) is 0 Å². The van der Waals surface area contributed by atoms with E-state index in [1.165, 1.54) is 90.9 Å². The highest BCUT2D eigenvalue weighted by Crippen LogP contribution is 2.49. The monoisotopic (exact) mass is 1990 g/mol. The Balaban J connectivity index is 0.000000180. The van der Waals surface area contributed by atoms with Crippen LogP contribution in [0, 0.1) is 23.7 Å². The number of aliphatic carboxylic acids is 1. The van der Waals surface area contributed by atoms with Crippen LogP contribution >= 0.6 is 0 Å². The van der Waals surface area contributed by atoms with Crippen molar-refractivity contribution in [1.29, 1.82) is 0 Å². The molecule has 8 aromatic carbocycles. The summed E-state index contributed by atoms with van der Waals surface area (Å²) in [6.45, 7) is 45.0. The van der Waals surface area contributed by atoms with Gasteiger partial charge in [0.1, 0.15) is 13.2 Å². The topological polar surface area (TPSA) is 260 Å². The number of aliphatic hydroxyl groups excluding tert-OH is 3. The summed E-state index contributed by atoms with van der Waals surface area (Å²) in [7, 11) is 0. The SMILES string of the molecule is CC.CC.CC.CC.CC.CC.O=C(/C=C/c1ccccc1)N1CCC(C(O)CN2CCC3(CC2)CNc2ccccc23)CC1.O=C(O)/C=C/c1ccccc1.O=C(OCc1ccccc1)N1CCC(C(O)CN2CCC3(CC2)CNc2ccccc23)CC1.O=C(OCc1ccccc1)N1CCC(C2CO2)CC1.OC(CN1CCC2(CC1)CNc1ccccc12)C1CCNCC1.c1ccc2c(c1)NCC21CCCCC1. The first-order valence-electron chi connectivity index (χ1n) is 55.8. The average molecular weight is 1990 g/mol. The molecule has 0 bridgehead atoms. The molecule has 12 heterocycles. The lowest BCUT2D eigenvalue weighted by molar-refractivity contribution is -0.131. The van der Waals surface area contributed by atoms with Gasteiger partial charge in [0.15, 0.2) is 0 Å². The van der Waals surface area contributed by atoms with Crippen LogP contribution < -0.4 is 26.6 Å². The molecule has 22 nitrogen and oxygen atoms in total. The highest BCUT2D eigenvalue weighted by Gasteiger charge is 2.47. The highest BCUT2D eigenvalue weighted by atomic mass is 16.6. The average Bonchev–Trinajstić information content (AvgIpc) is 1.64. The minimum absolute atomic E-state index is 0.0681. The number of piperidine rings is 7. The van der Waals surface area contributed by atoms with E-state index >= 15 is 0 Å². The van der Waals surface area contributed by atoms with Gasteiger partial charge in [0.05, 0.1) is 31.0 Å². The number of carboxylic acids is 1. The van der Waals surface area contributed by atoms with E-state index < -0.39 is 5.97 Å². The first-order valence-corrected chi connectivity index (χ1v) is 55.8. The van der Waals surface area contributed by atoms with E-state index in [0.29, 0.717) is 55.1 Å². The van der Waals surface area contributed by atoms with Crippen molar-refractivity contribution in [2.45, 2.75) is 264 Å². The third kappa shape index (κ3) is 34.1. The number of amides is 3. The molecule has 9 fully saturated rings. The van der Waals surface area contributed by atoms with Gasteiger partial charge < -0.3 is 90.6 Å². The second-order valence-electron chi connectivity index (χ2n) is 39.6. The maximum absolute atomic E-state index is 12.5. The molecule has 8 aromatic rings. The zero-order chi connectivity index (χ0) is 104. The number of carbonyl (C=O) groups excluding carboxylic acids is 3. The van der Waals surface area contributed by atoms with E-state index in [1.54, 1.807) is 22.6 Å². The van der Waals surface area contributed by atoms with Crippen molar-refractivity contribution in [3.63, 3.8) is 0 Å². The molecule has 4 atom stereocenters. The van der Waals surface area contributed by atoms with Crippen molar-refractivity contribution in [3.05, 3.63) is 275 Å². The molecule has 9 N–H and O–H groups in total. The summed E-state index contributed by atoms with van der Waals surface area (Å²) in [6, 6.07) is 73.8. The lowest BCUT2D eigenvalue weighted by Gasteiger charge is -2.41. The first kappa shape index (κ1) is 117. The zero-order valence-corrected chi connectivity index (χ0v) is 89.9. The smallest absolute Gasteiger partial charge is 0.410 e. The number of nitrogens with one attached hydrogen (secondary N) is 5. The summed E-state index contributed by atoms with van der Waals surface area (Å²) in [5.74, 6) is 0.788. The second-order valence-corrected chi connectivity index (χ2v) is 39.6. The molecule has 3 amide bonds. The molecular formula is C123H179N11O11. The molecule has 22 heteroatoms. The summed E-state index contributed by atoms with van der Waals surface area (Å²) in [5.41, 5.74) is 16.6. The zero-order valence-electron chi connectivity index (χ0n) is 89.9. The number of hydrogen-bond acceptors (Lipinski definition) is 18. The number of likely N-dealkylation sites (tertiary alicyclic amines) is 6. The number of nitrogens with zero attached hydrogens (tertiary/aromatic N) is 6. The van der Waals surface area contributed by atoms with Gasteiger partial charge in [-0.1, -0.05) is 296 Å². The van der Waals surface area contributed by atoms with Crippen molar-refractivity contribution in [2.24, 2.45) is 23.7 Å². The van der Waals surface area contributed by atoms with Gasteiger partial charge in [0.2, 0.25) is 5.91 Å². The van der Waals surface area contributed by atoms with E-state index in [9.17, 15) is 34.5 Å². The Morgan fingerprint density at radius 2 is 0.634 bits per heavy atom. The summed E-state index contributed by atoms with van der Waals surface area (Å²) < 4.78 is 16.1. The molecule has 1 saturated carbocycles. The molecule has 4 spiro atoms. The number of carbonyl (C=O) groups is 4. The second kappa shape index (κ2) is 62.0. The minimum atomic E-state index is -0.922.